The highest BCUT2D eigenvalue weighted by Gasteiger charge is 2.51. The third kappa shape index (κ3) is 4.26. The molecule has 0 aliphatic carbocycles. The SMILES string of the molecule is O=C1C[C@H](N(Cc2ccccc2)OCc2ccccc2)[C@H]2CO[C@H](c3ccccc3)N12. The molecular weight excluding hydrogens is 388 g/mol. The Bertz CT molecular complexity index is 997. The van der Waals surface area contributed by atoms with Crippen LogP contribution in [0.3, 0.4) is 0 Å². The lowest BCUT2D eigenvalue weighted by Gasteiger charge is -2.31. The number of fused-ring (bicyclic) bond motifs is 1. The number of carbonyl (C=O) groups excluding carboxylic acids is 1. The minimum atomic E-state index is -0.323. The van der Waals surface area contributed by atoms with Gasteiger partial charge in [-0.3, -0.25) is 9.63 Å². The number of nitrogens with zero attached hydrogens (tertiary/aromatic N) is 2. The van der Waals surface area contributed by atoms with Crippen LogP contribution in [0, 0.1) is 0 Å². The van der Waals surface area contributed by atoms with Crippen molar-refractivity contribution in [2.75, 3.05) is 6.61 Å². The molecule has 31 heavy (non-hydrogen) atoms. The number of hydrogen-bond donors (Lipinski definition) is 0. The Morgan fingerprint density at radius 1 is 0.871 bits per heavy atom. The van der Waals surface area contributed by atoms with Gasteiger partial charge in [0.15, 0.2) is 6.23 Å². The Morgan fingerprint density at radius 2 is 1.48 bits per heavy atom. The topological polar surface area (TPSA) is 42.0 Å². The highest BCUT2D eigenvalue weighted by Crippen LogP contribution is 2.39. The van der Waals surface area contributed by atoms with Gasteiger partial charge in [-0.1, -0.05) is 91.0 Å². The minimum absolute atomic E-state index is 0.0304. The summed E-state index contributed by atoms with van der Waals surface area (Å²) in [6.07, 6.45) is 0.107. The molecule has 0 N–H and O–H groups in total. The van der Waals surface area contributed by atoms with Crippen LogP contribution < -0.4 is 0 Å². The standard InChI is InChI=1S/C26H26N2O3/c29-25-16-23(24-19-30-26(28(24)25)22-14-8-3-9-15-22)27(17-20-10-4-1-5-11-20)31-18-21-12-6-2-7-13-21/h1-15,23-24,26H,16-19H2/t23-,24+,26+/m0/s1. The maximum Gasteiger partial charge on any atom is 0.227 e. The first-order valence-corrected chi connectivity index (χ1v) is 10.7. The number of ether oxygens (including phenoxy) is 1. The minimum Gasteiger partial charge on any atom is -0.352 e. The zero-order chi connectivity index (χ0) is 21.0. The zero-order valence-corrected chi connectivity index (χ0v) is 17.3. The fraction of sp³-hybridized carbons (Fsp3) is 0.269. The highest BCUT2D eigenvalue weighted by molar-refractivity contribution is 5.80. The van der Waals surface area contributed by atoms with Crippen molar-refractivity contribution < 1.29 is 14.4 Å². The average Bonchev–Trinajstić information content (AvgIpc) is 3.40. The average molecular weight is 415 g/mol. The summed E-state index contributed by atoms with van der Waals surface area (Å²) in [6, 6.07) is 30.2. The second kappa shape index (κ2) is 9.02. The summed E-state index contributed by atoms with van der Waals surface area (Å²) in [5.41, 5.74) is 3.27. The van der Waals surface area contributed by atoms with Crippen molar-refractivity contribution in [1.29, 1.82) is 0 Å². The number of hydroxylamine groups is 2. The molecule has 2 heterocycles. The fourth-order valence-corrected chi connectivity index (χ4v) is 4.48. The Hall–Kier alpha value is -2.99. The maximum absolute atomic E-state index is 13.0. The Balaban J connectivity index is 1.37. The van der Waals surface area contributed by atoms with Crippen molar-refractivity contribution in [3.63, 3.8) is 0 Å². The third-order valence-electron chi connectivity index (χ3n) is 6.03. The van der Waals surface area contributed by atoms with Crippen LogP contribution in [0.1, 0.15) is 29.3 Å². The van der Waals surface area contributed by atoms with E-state index in [9.17, 15) is 4.79 Å². The van der Waals surface area contributed by atoms with E-state index in [2.05, 4.69) is 24.3 Å². The van der Waals surface area contributed by atoms with Crippen LogP contribution in [0.2, 0.25) is 0 Å². The van der Waals surface area contributed by atoms with Crippen molar-refractivity contribution in [3.05, 3.63) is 108 Å². The molecule has 2 fully saturated rings. The molecule has 5 rings (SSSR count). The Morgan fingerprint density at radius 3 is 2.16 bits per heavy atom. The lowest BCUT2D eigenvalue weighted by molar-refractivity contribution is -0.207. The third-order valence-corrected chi connectivity index (χ3v) is 6.03. The van der Waals surface area contributed by atoms with Crippen molar-refractivity contribution in [2.45, 2.75) is 37.9 Å². The zero-order valence-electron chi connectivity index (χ0n) is 17.3. The van der Waals surface area contributed by atoms with Gasteiger partial charge >= 0.3 is 0 Å². The maximum atomic E-state index is 13.0. The number of rotatable bonds is 7. The molecule has 0 spiro atoms. The molecule has 5 heteroatoms. The molecular formula is C26H26N2O3. The number of carbonyl (C=O) groups is 1. The molecule has 158 valence electrons. The van der Waals surface area contributed by atoms with Crippen LogP contribution in [0.25, 0.3) is 0 Å². The first-order chi connectivity index (χ1) is 15.3. The van der Waals surface area contributed by atoms with Gasteiger partial charge in [0, 0.05) is 18.5 Å². The van der Waals surface area contributed by atoms with E-state index in [1.807, 2.05) is 76.7 Å². The van der Waals surface area contributed by atoms with Gasteiger partial charge < -0.3 is 9.64 Å². The predicted octanol–water partition coefficient (Wildman–Crippen LogP) is 4.32. The van der Waals surface area contributed by atoms with Gasteiger partial charge in [0.1, 0.15) is 0 Å². The summed E-state index contributed by atoms with van der Waals surface area (Å²) >= 11 is 0. The van der Waals surface area contributed by atoms with Crippen molar-refractivity contribution in [3.8, 4) is 0 Å². The predicted molar refractivity (Wildman–Crippen MR) is 117 cm³/mol. The van der Waals surface area contributed by atoms with Gasteiger partial charge in [0.2, 0.25) is 5.91 Å². The molecule has 2 saturated heterocycles. The van der Waals surface area contributed by atoms with Gasteiger partial charge in [-0.25, -0.2) is 0 Å². The van der Waals surface area contributed by atoms with Crippen molar-refractivity contribution in [2.24, 2.45) is 0 Å². The number of amides is 1. The van der Waals surface area contributed by atoms with E-state index in [-0.39, 0.29) is 24.2 Å². The smallest absolute Gasteiger partial charge is 0.227 e. The van der Waals surface area contributed by atoms with E-state index in [1.54, 1.807) is 0 Å². The van der Waals surface area contributed by atoms with Gasteiger partial charge in [-0.2, -0.15) is 5.06 Å². The monoisotopic (exact) mass is 414 g/mol. The summed E-state index contributed by atoms with van der Waals surface area (Å²) in [7, 11) is 0. The Labute approximate surface area is 182 Å². The summed E-state index contributed by atoms with van der Waals surface area (Å²) in [5.74, 6) is 0.114. The van der Waals surface area contributed by atoms with Gasteiger partial charge in [0.05, 0.1) is 25.3 Å². The van der Waals surface area contributed by atoms with Crippen LogP contribution in [-0.2, 0) is 27.5 Å². The number of benzene rings is 3. The molecule has 2 aliphatic rings. The number of hydrogen-bond acceptors (Lipinski definition) is 4. The van der Waals surface area contributed by atoms with E-state index >= 15 is 0 Å². The van der Waals surface area contributed by atoms with Crippen LogP contribution in [0.5, 0.6) is 0 Å². The van der Waals surface area contributed by atoms with Crippen molar-refractivity contribution >= 4 is 5.91 Å². The van der Waals surface area contributed by atoms with Crippen molar-refractivity contribution in [1.82, 2.24) is 9.96 Å². The van der Waals surface area contributed by atoms with E-state index in [0.29, 0.717) is 26.2 Å². The molecule has 0 aromatic heterocycles. The molecule has 3 atom stereocenters. The second-order valence-electron chi connectivity index (χ2n) is 8.06. The van der Waals surface area contributed by atoms with E-state index in [1.165, 1.54) is 0 Å². The first-order valence-electron chi connectivity index (χ1n) is 10.7. The fourth-order valence-electron chi connectivity index (χ4n) is 4.48. The molecule has 3 aromatic carbocycles. The molecule has 3 aromatic rings. The molecule has 0 radical (unpaired) electrons. The van der Waals surface area contributed by atoms with E-state index < -0.39 is 0 Å². The van der Waals surface area contributed by atoms with Gasteiger partial charge in [-0.05, 0) is 11.1 Å². The summed E-state index contributed by atoms with van der Waals surface area (Å²) in [4.78, 5) is 21.3. The van der Waals surface area contributed by atoms with E-state index in [4.69, 9.17) is 9.57 Å². The highest BCUT2D eigenvalue weighted by atomic mass is 16.7. The molecule has 0 saturated carbocycles. The molecule has 0 unspecified atom stereocenters. The Kier molecular flexibility index (Phi) is 5.80. The van der Waals surface area contributed by atoms with E-state index in [0.717, 1.165) is 16.7 Å². The largest absolute Gasteiger partial charge is 0.352 e. The first kappa shape index (κ1) is 19.9. The lowest BCUT2D eigenvalue weighted by atomic mass is 10.1. The van der Waals surface area contributed by atoms with Crippen LogP contribution >= 0.6 is 0 Å². The van der Waals surface area contributed by atoms with Gasteiger partial charge in [-0.15, -0.1) is 0 Å². The van der Waals surface area contributed by atoms with Crippen LogP contribution in [-0.4, -0.2) is 34.6 Å². The summed E-state index contributed by atoms with van der Waals surface area (Å²) in [5, 5.41) is 1.99. The lowest BCUT2D eigenvalue weighted by Crippen LogP contribution is -2.44. The molecule has 2 aliphatic heterocycles. The second-order valence-corrected chi connectivity index (χ2v) is 8.06. The summed E-state index contributed by atoms with van der Waals surface area (Å²) in [6.45, 7) is 1.59. The van der Waals surface area contributed by atoms with Crippen LogP contribution in [0.4, 0.5) is 0 Å². The quantitative estimate of drug-likeness (QED) is 0.540. The van der Waals surface area contributed by atoms with Crippen LogP contribution in [0.15, 0.2) is 91.0 Å². The molecule has 1 amide bonds. The van der Waals surface area contributed by atoms with Gasteiger partial charge in [0.25, 0.3) is 0 Å². The summed E-state index contributed by atoms with van der Waals surface area (Å²) < 4.78 is 6.09. The normalized spacial score (nSPS) is 22.8. The molecule has 5 nitrogen and oxygen atoms in total. The molecule has 0 bridgehead atoms.